The van der Waals surface area contributed by atoms with Gasteiger partial charge in [-0.3, -0.25) is 0 Å². The van der Waals surface area contributed by atoms with Gasteiger partial charge in [-0.1, -0.05) is 19.4 Å². The summed E-state index contributed by atoms with van der Waals surface area (Å²) in [5.74, 6) is 1.94. The number of unbranched alkanes of at least 4 members (excludes halogenated alkanes) is 1. The van der Waals surface area contributed by atoms with E-state index in [0.29, 0.717) is 0 Å². The molecule has 0 radical (unpaired) electrons. The minimum Gasteiger partial charge on any atom is -0.491 e. The summed E-state index contributed by atoms with van der Waals surface area (Å²) in [5, 5.41) is 0. The van der Waals surface area contributed by atoms with E-state index in [2.05, 4.69) is 31.2 Å². The third kappa shape index (κ3) is 3.46. The van der Waals surface area contributed by atoms with Crippen molar-refractivity contribution in [3.63, 3.8) is 0 Å². The Labute approximate surface area is 140 Å². The molecule has 2 aliphatic rings. The van der Waals surface area contributed by atoms with Gasteiger partial charge in [0.05, 0.1) is 6.10 Å². The number of rotatable bonds is 5. The Bertz CT molecular complexity index is 587. The van der Waals surface area contributed by atoms with Crippen molar-refractivity contribution in [2.45, 2.75) is 71.0 Å². The maximum absolute atomic E-state index is 6.48. The molecule has 23 heavy (non-hydrogen) atoms. The lowest BCUT2D eigenvalue weighted by Gasteiger charge is -2.26. The molecule has 1 heterocycles. The Hall–Kier alpha value is -1.70. The summed E-state index contributed by atoms with van der Waals surface area (Å²) in [7, 11) is 0. The molecule has 124 valence electrons. The molecule has 1 saturated carbocycles. The van der Waals surface area contributed by atoms with Crippen LogP contribution in [0.15, 0.2) is 42.0 Å². The fraction of sp³-hybridized carbons (Fsp3) is 0.524. The second-order valence-corrected chi connectivity index (χ2v) is 6.95. The SMILES string of the molecule is CCC/C=C1\C=C(c2ccc(OC(C)C)cc2)OC12CCCC2. The van der Waals surface area contributed by atoms with Gasteiger partial charge in [-0.25, -0.2) is 0 Å². The van der Waals surface area contributed by atoms with Gasteiger partial charge in [-0.05, 0) is 81.9 Å². The van der Waals surface area contributed by atoms with Crippen molar-refractivity contribution in [1.82, 2.24) is 0 Å². The van der Waals surface area contributed by atoms with E-state index in [1.165, 1.54) is 24.8 Å². The van der Waals surface area contributed by atoms with Gasteiger partial charge < -0.3 is 9.47 Å². The minimum absolute atomic E-state index is 0.0440. The second kappa shape index (κ2) is 6.82. The molecule has 1 aliphatic carbocycles. The Morgan fingerprint density at radius 1 is 1.17 bits per heavy atom. The molecule has 0 bridgehead atoms. The molecular weight excluding hydrogens is 284 g/mol. The van der Waals surface area contributed by atoms with Crippen molar-refractivity contribution >= 4 is 5.76 Å². The first-order valence-corrected chi connectivity index (χ1v) is 9.01. The van der Waals surface area contributed by atoms with Crippen LogP contribution in [0, 0.1) is 0 Å². The van der Waals surface area contributed by atoms with Crippen LogP contribution in [0.25, 0.3) is 5.76 Å². The predicted molar refractivity (Wildman–Crippen MR) is 95.5 cm³/mol. The number of hydrogen-bond acceptors (Lipinski definition) is 2. The van der Waals surface area contributed by atoms with Crippen LogP contribution >= 0.6 is 0 Å². The van der Waals surface area contributed by atoms with E-state index < -0.39 is 0 Å². The van der Waals surface area contributed by atoms with Crippen LogP contribution in [-0.4, -0.2) is 11.7 Å². The van der Waals surface area contributed by atoms with Gasteiger partial charge in [0.2, 0.25) is 0 Å². The summed E-state index contributed by atoms with van der Waals surface area (Å²) in [5.41, 5.74) is 2.50. The van der Waals surface area contributed by atoms with Gasteiger partial charge in [-0.2, -0.15) is 0 Å². The molecule has 0 aromatic heterocycles. The van der Waals surface area contributed by atoms with Gasteiger partial charge in [0, 0.05) is 5.56 Å². The van der Waals surface area contributed by atoms with Gasteiger partial charge in [0.1, 0.15) is 17.1 Å². The number of hydrogen-bond donors (Lipinski definition) is 0. The topological polar surface area (TPSA) is 18.5 Å². The first-order valence-electron chi connectivity index (χ1n) is 9.01. The zero-order valence-corrected chi connectivity index (χ0v) is 14.6. The molecule has 0 amide bonds. The zero-order valence-electron chi connectivity index (χ0n) is 14.6. The van der Waals surface area contributed by atoms with Gasteiger partial charge in [0.25, 0.3) is 0 Å². The van der Waals surface area contributed by atoms with Gasteiger partial charge >= 0.3 is 0 Å². The average molecular weight is 312 g/mol. The van der Waals surface area contributed by atoms with Crippen molar-refractivity contribution in [2.75, 3.05) is 0 Å². The number of ether oxygens (including phenoxy) is 2. The largest absolute Gasteiger partial charge is 0.491 e. The summed E-state index contributed by atoms with van der Waals surface area (Å²) in [6, 6.07) is 8.28. The molecule has 0 atom stereocenters. The van der Waals surface area contributed by atoms with Crippen LogP contribution in [0.4, 0.5) is 0 Å². The van der Waals surface area contributed by atoms with E-state index in [1.807, 2.05) is 26.0 Å². The molecule has 1 aromatic rings. The van der Waals surface area contributed by atoms with Crippen LogP contribution in [0.5, 0.6) is 5.75 Å². The van der Waals surface area contributed by atoms with E-state index in [4.69, 9.17) is 9.47 Å². The summed E-state index contributed by atoms with van der Waals surface area (Å²) >= 11 is 0. The van der Waals surface area contributed by atoms with Crippen LogP contribution in [0.1, 0.15) is 64.9 Å². The monoisotopic (exact) mass is 312 g/mol. The van der Waals surface area contributed by atoms with Crippen LogP contribution in [0.3, 0.4) is 0 Å². The first-order chi connectivity index (χ1) is 11.1. The fourth-order valence-corrected chi connectivity index (χ4v) is 3.57. The molecule has 3 rings (SSSR count). The molecular formula is C21H28O2. The lowest BCUT2D eigenvalue weighted by Crippen LogP contribution is -2.26. The predicted octanol–water partition coefficient (Wildman–Crippen LogP) is 5.88. The van der Waals surface area contributed by atoms with Gasteiger partial charge in [0.15, 0.2) is 0 Å². The Balaban J connectivity index is 1.82. The average Bonchev–Trinajstić information content (AvgIpc) is 3.14. The smallest absolute Gasteiger partial charge is 0.134 e. The fourth-order valence-electron chi connectivity index (χ4n) is 3.57. The van der Waals surface area contributed by atoms with E-state index in [-0.39, 0.29) is 11.7 Å². The molecule has 0 unspecified atom stereocenters. The molecule has 1 aromatic carbocycles. The molecule has 1 spiro atoms. The third-order valence-electron chi connectivity index (χ3n) is 4.69. The van der Waals surface area contributed by atoms with E-state index >= 15 is 0 Å². The quantitative estimate of drug-likeness (QED) is 0.675. The highest BCUT2D eigenvalue weighted by Gasteiger charge is 2.43. The van der Waals surface area contributed by atoms with E-state index in [9.17, 15) is 0 Å². The standard InChI is InChI=1S/C21H28O2/c1-4-5-8-18-15-20(23-21(18)13-6-7-14-21)17-9-11-19(12-10-17)22-16(2)3/h8-12,15-16H,4-7,13-14H2,1-3H3/b18-8+. The zero-order chi connectivity index (χ0) is 16.3. The van der Waals surface area contributed by atoms with Crippen molar-refractivity contribution in [3.8, 4) is 5.75 Å². The third-order valence-corrected chi connectivity index (χ3v) is 4.69. The second-order valence-electron chi connectivity index (χ2n) is 6.95. The highest BCUT2D eigenvalue weighted by Crippen LogP contribution is 2.48. The maximum atomic E-state index is 6.48. The highest BCUT2D eigenvalue weighted by molar-refractivity contribution is 5.68. The Kier molecular flexibility index (Phi) is 4.79. The van der Waals surface area contributed by atoms with Crippen molar-refractivity contribution in [3.05, 3.63) is 47.6 Å². The lowest BCUT2D eigenvalue weighted by molar-refractivity contribution is 0.100. The molecule has 0 saturated heterocycles. The van der Waals surface area contributed by atoms with Crippen molar-refractivity contribution < 1.29 is 9.47 Å². The Morgan fingerprint density at radius 2 is 1.87 bits per heavy atom. The maximum Gasteiger partial charge on any atom is 0.134 e. The molecule has 1 aliphatic heterocycles. The van der Waals surface area contributed by atoms with E-state index in [1.54, 1.807) is 0 Å². The summed E-state index contributed by atoms with van der Waals surface area (Å²) in [4.78, 5) is 0. The number of allylic oxidation sites excluding steroid dienone is 1. The van der Waals surface area contributed by atoms with Crippen LogP contribution < -0.4 is 4.74 Å². The minimum atomic E-state index is -0.0440. The Morgan fingerprint density at radius 3 is 2.48 bits per heavy atom. The first kappa shape index (κ1) is 16.2. The molecule has 2 nitrogen and oxygen atoms in total. The van der Waals surface area contributed by atoms with Crippen molar-refractivity contribution in [1.29, 1.82) is 0 Å². The lowest BCUT2D eigenvalue weighted by atomic mass is 9.92. The van der Waals surface area contributed by atoms with Crippen molar-refractivity contribution in [2.24, 2.45) is 0 Å². The van der Waals surface area contributed by atoms with Gasteiger partial charge in [-0.15, -0.1) is 0 Å². The summed E-state index contributed by atoms with van der Waals surface area (Å²) in [6.45, 7) is 6.32. The number of benzene rings is 1. The van der Waals surface area contributed by atoms with E-state index in [0.717, 1.165) is 36.3 Å². The van der Waals surface area contributed by atoms with Crippen LogP contribution in [0.2, 0.25) is 0 Å². The molecule has 1 fully saturated rings. The summed E-state index contributed by atoms with van der Waals surface area (Å²) in [6.07, 6.45) is 12.0. The highest BCUT2D eigenvalue weighted by atomic mass is 16.5. The summed E-state index contributed by atoms with van der Waals surface area (Å²) < 4.78 is 12.2. The normalized spacial score (nSPS) is 21.0. The molecule has 0 N–H and O–H groups in total. The molecule has 2 heteroatoms. The van der Waals surface area contributed by atoms with Crippen LogP contribution in [-0.2, 0) is 4.74 Å².